The summed E-state index contributed by atoms with van der Waals surface area (Å²) in [4.78, 5) is 14.1. The first-order chi connectivity index (χ1) is 8.60. The number of epoxide rings is 1. The van der Waals surface area contributed by atoms with Gasteiger partial charge in [0.05, 0.1) is 6.10 Å². The Labute approximate surface area is 112 Å². The number of rotatable bonds is 9. The maximum atomic E-state index is 12.2. The molecule has 1 amide bonds. The molecular weight excluding hydrogens is 226 g/mol. The Morgan fingerprint density at radius 2 is 1.72 bits per heavy atom. The Morgan fingerprint density at radius 1 is 1.11 bits per heavy atom. The van der Waals surface area contributed by atoms with Gasteiger partial charge in [0.2, 0.25) is 0 Å². The smallest absolute Gasteiger partial charge is 0.257 e. The largest absolute Gasteiger partial charge is 0.356 e. The SMILES string of the molecule is CCCCCCCC1OC1(C)C(=O)N(CC)CC. The molecule has 1 aliphatic rings. The van der Waals surface area contributed by atoms with Gasteiger partial charge in [-0.15, -0.1) is 0 Å². The first-order valence-electron chi connectivity index (χ1n) is 7.57. The van der Waals surface area contributed by atoms with Crippen molar-refractivity contribution in [2.24, 2.45) is 0 Å². The molecule has 3 nitrogen and oxygen atoms in total. The van der Waals surface area contributed by atoms with Gasteiger partial charge in [-0.3, -0.25) is 4.79 Å². The van der Waals surface area contributed by atoms with Crippen molar-refractivity contribution >= 4 is 5.91 Å². The fourth-order valence-electron chi connectivity index (χ4n) is 2.54. The predicted molar refractivity (Wildman–Crippen MR) is 74.6 cm³/mol. The minimum Gasteiger partial charge on any atom is -0.356 e. The Bertz CT molecular complexity index is 263. The van der Waals surface area contributed by atoms with E-state index in [-0.39, 0.29) is 12.0 Å². The lowest BCUT2D eigenvalue weighted by Gasteiger charge is -2.21. The molecule has 0 N–H and O–H groups in total. The molecule has 1 fully saturated rings. The number of hydrogen-bond donors (Lipinski definition) is 0. The highest BCUT2D eigenvalue weighted by molar-refractivity contribution is 5.88. The third-order valence-electron chi connectivity index (χ3n) is 3.99. The van der Waals surface area contributed by atoms with Crippen LogP contribution >= 0.6 is 0 Å². The fraction of sp³-hybridized carbons (Fsp3) is 0.933. The molecule has 1 aliphatic heterocycles. The Hall–Kier alpha value is -0.570. The van der Waals surface area contributed by atoms with E-state index < -0.39 is 5.60 Å². The summed E-state index contributed by atoms with van der Waals surface area (Å²) in [7, 11) is 0. The van der Waals surface area contributed by atoms with E-state index in [4.69, 9.17) is 4.74 Å². The minimum absolute atomic E-state index is 0.159. The van der Waals surface area contributed by atoms with E-state index in [9.17, 15) is 4.79 Å². The number of amides is 1. The van der Waals surface area contributed by atoms with Crippen molar-refractivity contribution in [2.75, 3.05) is 13.1 Å². The number of unbranched alkanes of at least 4 members (excludes halogenated alkanes) is 4. The normalized spacial score (nSPS) is 26.1. The first kappa shape index (κ1) is 15.5. The van der Waals surface area contributed by atoms with Gasteiger partial charge in [-0.05, 0) is 27.2 Å². The van der Waals surface area contributed by atoms with Crippen molar-refractivity contribution < 1.29 is 9.53 Å². The monoisotopic (exact) mass is 255 g/mol. The number of likely N-dealkylation sites (N-methyl/N-ethyl adjacent to an activating group) is 1. The molecule has 0 saturated carbocycles. The van der Waals surface area contributed by atoms with Gasteiger partial charge >= 0.3 is 0 Å². The van der Waals surface area contributed by atoms with E-state index >= 15 is 0 Å². The molecule has 1 rings (SSSR count). The van der Waals surface area contributed by atoms with Crippen LogP contribution in [0.5, 0.6) is 0 Å². The second-order valence-corrected chi connectivity index (χ2v) is 5.39. The van der Waals surface area contributed by atoms with Crippen molar-refractivity contribution in [3.05, 3.63) is 0 Å². The molecule has 0 aromatic rings. The van der Waals surface area contributed by atoms with E-state index in [0.717, 1.165) is 19.5 Å². The Balaban J connectivity index is 2.26. The van der Waals surface area contributed by atoms with E-state index in [1.54, 1.807) is 0 Å². The summed E-state index contributed by atoms with van der Waals surface area (Å²) in [6, 6.07) is 0. The van der Waals surface area contributed by atoms with E-state index in [1.165, 1.54) is 32.1 Å². The molecule has 2 atom stereocenters. The standard InChI is InChI=1S/C15H29NO2/c1-5-8-9-10-11-12-13-15(4,18-13)14(17)16(6-2)7-3/h13H,5-12H2,1-4H3. The van der Waals surface area contributed by atoms with Crippen LogP contribution in [0.3, 0.4) is 0 Å². The van der Waals surface area contributed by atoms with Crippen LogP contribution in [0.2, 0.25) is 0 Å². The average Bonchev–Trinajstić information content (AvgIpc) is 3.03. The van der Waals surface area contributed by atoms with Crippen LogP contribution < -0.4 is 0 Å². The second kappa shape index (κ2) is 7.13. The molecule has 2 unspecified atom stereocenters. The van der Waals surface area contributed by atoms with E-state index in [2.05, 4.69) is 6.92 Å². The lowest BCUT2D eigenvalue weighted by molar-refractivity contribution is -0.135. The van der Waals surface area contributed by atoms with Crippen LogP contribution in [0.1, 0.15) is 66.2 Å². The van der Waals surface area contributed by atoms with Gasteiger partial charge in [0.15, 0.2) is 5.60 Å². The summed E-state index contributed by atoms with van der Waals surface area (Å²) in [5.41, 5.74) is -0.517. The van der Waals surface area contributed by atoms with Gasteiger partial charge < -0.3 is 9.64 Å². The first-order valence-corrected chi connectivity index (χ1v) is 7.57. The van der Waals surface area contributed by atoms with Gasteiger partial charge in [-0.25, -0.2) is 0 Å². The summed E-state index contributed by atoms with van der Waals surface area (Å²) in [5.74, 6) is 0.172. The van der Waals surface area contributed by atoms with Gasteiger partial charge in [0.1, 0.15) is 0 Å². The van der Waals surface area contributed by atoms with Crippen molar-refractivity contribution in [1.82, 2.24) is 4.90 Å². The van der Waals surface area contributed by atoms with E-state index in [1.807, 2.05) is 25.7 Å². The van der Waals surface area contributed by atoms with Crippen molar-refractivity contribution in [1.29, 1.82) is 0 Å². The number of carbonyl (C=O) groups excluding carboxylic acids is 1. The number of ether oxygens (including phenoxy) is 1. The van der Waals surface area contributed by atoms with Gasteiger partial charge in [0.25, 0.3) is 5.91 Å². The molecule has 0 bridgehead atoms. The molecule has 0 aliphatic carbocycles. The molecular formula is C15H29NO2. The minimum atomic E-state index is -0.517. The van der Waals surface area contributed by atoms with Gasteiger partial charge in [-0.2, -0.15) is 0 Å². The quantitative estimate of drug-likeness (QED) is 0.467. The van der Waals surface area contributed by atoms with Crippen LogP contribution in [0.15, 0.2) is 0 Å². The highest BCUT2D eigenvalue weighted by atomic mass is 16.6. The average molecular weight is 255 g/mol. The molecule has 3 heteroatoms. The molecule has 1 saturated heterocycles. The summed E-state index contributed by atoms with van der Waals surface area (Å²) in [6.07, 6.45) is 7.55. The highest BCUT2D eigenvalue weighted by Crippen LogP contribution is 2.41. The van der Waals surface area contributed by atoms with Crippen molar-refractivity contribution in [3.63, 3.8) is 0 Å². The zero-order valence-corrected chi connectivity index (χ0v) is 12.5. The lowest BCUT2D eigenvalue weighted by Crippen LogP contribution is -2.40. The third-order valence-corrected chi connectivity index (χ3v) is 3.99. The molecule has 1 heterocycles. The van der Waals surface area contributed by atoms with Crippen LogP contribution in [0.4, 0.5) is 0 Å². The number of nitrogens with zero attached hydrogens (tertiary/aromatic N) is 1. The van der Waals surface area contributed by atoms with Crippen LogP contribution in [0.25, 0.3) is 0 Å². The Kier molecular flexibility index (Phi) is 6.13. The number of carbonyl (C=O) groups is 1. The number of hydrogen-bond acceptors (Lipinski definition) is 2. The van der Waals surface area contributed by atoms with E-state index in [0.29, 0.717) is 0 Å². The summed E-state index contributed by atoms with van der Waals surface area (Å²) >= 11 is 0. The summed E-state index contributed by atoms with van der Waals surface area (Å²) in [6.45, 7) is 9.77. The maximum absolute atomic E-state index is 12.2. The Morgan fingerprint density at radius 3 is 2.28 bits per heavy atom. The highest BCUT2D eigenvalue weighted by Gasteiger charge is 2.58. The summed E-state index contributed by atoms with van der Waals surface area (Å²) in [5, 5.41) is 0. The fourth-order valence-corrected chi connectivity index (χ4v) is 2.54. The molecule has 0 aromatic heterocycles. The molecule has 0 radical (unpaired) electrons. The van der Waals surface area contributed by atoms with Gasteiger partial charge in [-0.1, -0.05) is 39.0 Å². The zero-order chi connectivity index (χ0) is 13.6. The van der Waals surface area contributed by atoms with Gasteiger partial charge in [0, 0.05) is 13.1 Å². The molecule has 106 valence electrons. The van der Waals surface area contributed by atoms with Crippen molar-refractivity contribution in [2.45, 2.75) is 77.9 Å². The summed E-state index contributed by atoms with van der Waals surface area (Å²) < 4.78 is 5.67. The van der Waals surface area contributed by atoms with Crippen LogP contribution in [0, 0.1) is 0 Å². The zero-order valence-electron chi connectivity index (χ0n) is 12.5. The second-order valence-electron chi connectivity index (χ2n) is 5.39. The maximum Gasteiger partial charge on any atom is 0.257 e. The lowest BCUT2D eigenvalue weighted by atomic mass is 10.0. The van der Waals surface area contributed by atoms with Crippen molar-refractivity contribution in [3.8, 4) is 0 Å². The van der Waals surface area contributed by atoms with Crippen LogP contribution in [-0.2, 0) is 9.53 Å². The predicted octanol–water partition coefficient (Wildman–Crippen LogP) is 3.37. The topological polar surface area (TPSA) is 32.8 Å². The third kappa shape index (κ3) is 3.71. The van der Waals surface area contributed by atoms with Crippen LogP contribution in [-0.4, -0.2) is 35.6 Å². The molecule has 18 heavy (non-hydrogen) atoms. The molecule has 0 spiro atoms. The molecule has 0 aromatic carbocycles.